The van der Waals surface area contributed by atoms with Gasteiger partial charge in [-0.05, 0) is 12.5 Å². The standard InChI is InChI=1S/C10H19N3O2S/c1-8(2)5-11-7-13-4-3-12-10(13)16-6-9(14)15/h8,11H,3-7H2,1-2H3,(H,14,15). The van der Waals surface area contributed by atoms with Gasteiger partial charge in [0.15, 0.2) is 5.17 Å². The summed E-state index contributed by atoms with van der Waals surface area (Å²) < 4.78 is 0. The van der Waals surface area contributed by atoms with Gasteiger partial charge in [-0.1, -0.05) is 25.6 Å². The average molecular weight is 245 g/mol. The van der Waals surface area contributed by atoms with E-state index in [1.807, 2.05) is 0 Å². The Balaban J connectivity index is 2.25. The van der Waals surface area contributed by atoms with Crippen molar-refractivity contribution in [3.05, 3.63) is 0 Å². The zero-order valence-electron chi connectivity index (χ0n) is 9.77. The van der Waals surface area contributed by atoms with Crippen molar-refractivity contribution >= 4 is 22.9 Å². The fourth-order valence-corrected chi connectivity index (χ4v) is 2.13. The van der Waals surface area contributed by atoms with Crippen LogP contribution in [0.25, 0.3) is 0 Å². The van der Waals surface area contributed by atoms with Gasteiger partial charge >= 0.3 is 5.97 Å². The zero-order chi connectivity index (χ0) is 12.0. The van der Waals surface area contributed by atoms with Gasteiger partial charge in [0.05, 0.1) is 19.0 Å². The lowest BCUT2D eigenvalue weighted by molar-refractivity contribution is -0.133. The zero-order valence-corrected chi connectivity index (χ0v) is 10.6. The Morgan fingerprint density at radius 1 is 1.69 bits per heavy atom. The normalized spacial score (nSPS) is 15.7. The maximum absolute atomic E-state index is 10.5. The Kier molecular flexibility index (Phi) is 5.62. The minimum Gasteiger partial charge on any atom is -0.481 e. The summed E-state index contributed by atoms with van der Waals surface area (Å²) in [7, 11) is 0. The van der Waals surface area contributed by atoms with Crippen molar-refractivity contribution in [2.75, 3.05) is 32.1 Å². The molecule has 0 amide bonds. The van der Waals surface area contributed by atoms with Gasteiger partial charge in [-0.25, -0.2) is 0 Å². The Hall–Kier alpha value is -0.750. The van der Waals surface area contributed by atoms with E-state index in [0.717, 1.165) is 31.5 Å². The van der Waals surface area contributed by atoms with Gasteiger partial charge in [0, 0.05) is 6.54 Å². The lowest BCUT2D eigenvalue weighted by Gasteiger charge is -2.20. The number of hydrogen-bond acceptors (Lipinski definition) is 5. The van der Waals surface area contributed by atoms with Gasteiger partial charge in [0.1, 0.15) is 0 Å². The third-order valence-corrected chi connectivity index (χ3v) is 3.10. The molecular weight excluding hydrogens is 226 g/mol. The SMILES string of the molecule is CC(C)CNCN1CCN=C1SCC(=O)O. The number of carbonyl (C=O) groups is 1. The predicted octanol–water partition coefficient (Wildman–Crippen LogP) is 0.679. The minimum absolute atomic E-state index is 0.0829. The molecular formula is C10H19N3O2S. The summed E-state index contributed by atoms with van der Waals surface area (Å²) in [6.07, 6.45) is 0. The van der Waals surface area contributed by atoms with E-state index < -0.39 is 5.97 Å². The van der Waals surface area contributed by atoms with Crippen LogP contribution in [-0.2, 0) is 4.79 Å². The molecule has 2 N–H and O–H groups in total. The summed E-state index contributed by atoms with van der Waals surface area (Å²) in [5, 5.41) is 12.8. The third-order valence-electron chi connectivity index (χ3n) is 2.07. The van der Waals surface area contributed by atoms with Gasteiger partial charge < -0.3 is 10.0 Å². The highest BCUT2D eigenvalue weighted by molar-refractivity contribution is 8.14. The highest BCUT2D eigenvalue weighted by Gasteiger charge is 2.17. The number of hydrogen-bond donors (Lipinski definition) is 2. The lowest BCUT2D eigenvalue weighted by atomic mass is 10.2. The molecule has 0 atom stereocenters. The van der Waals surface area contributed by atoms with Gasteiger partial charge in [0.25, 0.3) is 0 Å². The van der Waals surface area contributed by atoms with E-state index in [0.29, 0.717) is 5.92 Å². The molecule has 0 saturated carbocycles. The van der Waals surface area contributed by atoms with E-state index in [-0.39, 0.29) is 5.75 Å². The van der Waals surface area contributed by atoms with Crippen molar-refractivity contribution in [2.24, 2.45) is 10.9 Å². The molecule has 0 aromatic heterocycles. The van der Waals surface area contributed by atoms with Crippen LogP contribution in [0.5, 0.6) is 0 Å². The van der Waals surface area contributed by atoms with Crippen molar-refractivity contribution in [1.82, 2.24) is 10.2 Å². The fraction of sp³-hybridized carbons (Fsp3) is 0.800. The third kappa shape index (κ3) is 4.85. The van der Waals surface area contributed by atoms with Crippen molar-refractivity contribution in [3.8, 4) is 0 Å². The largest absolute Gasteiger partial charge is 0.481 e. The molecule has 0 unspecified atom stereocenters. The molecule has 1 rings (SSSR count). The monoisotopic (exact) mass is 245 g/mol. The molecule has 16 heavy (non-hydrogen) atoms. The van der Waals surface area contributed by atoms with Crippen molar-refractivity contribution in [2.45, 2.75) is 13.8 Å². The summed E-state index contributed by atoms with van der Waals surface area (Å²) in [6.45, 7) is 7.69. The van der Waals surface area contributed by atoms with E-state index in [4.69, 9.17) is 5.11 Å². The highest BCUT2D eigenvalue weighted by Crippen LogP contribution is 2.13. The molecule has 1 aliphatic rings. The summed E-state index contributed by atoms with van der Waals surface area (Å²) in [5.74, 6) is -0.0937. The van der Waals surface area contributed by atoms with Crippen LogP contribution in [0.1, 0.15) is 13.8 Å². The van der Waals surface area contributed by atoms with Crippen molar-refractivity contribution in [1.29, 1.82) is 0 Å². The average Bonchev–Trinajstić information content (AvgIpc) is 2.62. The Labute approximate surface area is 100 Å². The second-order valence-electron chi connectivity index (χ2n) is 4.12. The Bertz CT molecular complexity index is 269. The number of carboxylic acids is 1. The van der Waals surface area contributed by atoms with Crippen LogP contribution < -0.4 is 5.32 Å². The van der Waals surface area contributed by atoms with Crippen molar-refractivity contribution in [3.63, 3.8) is 0 Å². The first-order valence-electron chi connectivity index (χ1n) is 5.44. The summed E-state index contributed by atoms with van der Waals surface area (Å²) in [5.41, 5.74) is 0. The lowest BCUT2D eigenvalue weighted by Crippen LogP contribution is -2.37. The summed E-state index contributed by atoms with van der Waals surface area (Å²) in [4.78, 5) is 16.8. The number of nitrogens with one attached hydrogen (secondary N) is 1. The molecule has 92 valence electrons. The maximum atomic E-state index is 10.5. The molecule has 0 aromatic rings. The molecule has 6 heteroatoms. The molecule has 0 radical (unpaired) electrons. The van der Waals surface area contributed by atoms with Gasteiger partial charge in [-0.2, -0.15) is 0 Å². The molecule has 1 aliphatic heterocycles. The summed E-state index contributed by atoms with van der Waals surface area (Å²) >= 11 is 1.30. The Morgan fingerprint density at radius 3 is 3.06 bits per heavy atom. The minimum atomic E-state index is -0.797. The number of rotatable bonds is 6. The first kappa shape index (κ1) is 13.3. The maximum Gasteiger partial charge on any atom is 0.313 e. The number of amidine groups is 1. The molecule has 0 aromatic carbocycles. The van der Waals surface area contributed by atoms with E-state index in [1.54, 1.807) is 0 Å². The topological polar surface area (TPSA) is 64.9 Å². The molecule has 1 heterocycles. The van der Waals surface area contributed by atoms with Gasteiger partial charge in [0.2, 0.25) is 0 Å². The van der Waals surface area contributed by atoms with Crippen LogP contribution in [-0.4, -0.2) is 53.2 Å². The Morgan fingerprint density at radius 2 is 2.44 bits per heavy atom. The predicted molar refractivity (Wildman–Crippen MR) is 66.8 cm³/mol. The fourth-order valence-electron chi connectivity index (χ4n) is 1.36. The molecule has 0 fully saturated rings. The van der Waals surface area contributed by atoms with Crippen LogP contribution in [0.4, 0.5) is 0 Å². The van der Waals surface area contributed by atoms with Gasteiger partial charge in [-0.15, -0.1) is 0 Å². The number of aliphatic imine (C=N–C) groups is 1. The van der Waals surface area contributed by atoms with Crippen molar-refractivity contribution < 1.29 is 9.90 Å². The second kappa shape index (κ2) is 6.75. The second-order valence-corrected chi connectivity index (χ2v) is 5.06. The van der Waals surface area contributed by atoms with Crippen LogP contribution in [0.3, 0.4) is 0 Å². The first-order valence-corrected chi connectivity index (χ1v) is 6.43. The molecule has 0 saturated heterocycles. The van der Waals surface area contributed by atoms with E-state index in [1.165, 1.54) is 11.8 Å². The summed E-state index contributed by atoms with van der Waals surface area (Å²) in [6, 6.07) is 0. The van der Waals surface area contributed by atoms with Crippen LogP contribution in [0, 0.1) is 5.92 Å². The molecule has 0 aliphatic carbocycles. The number of carboxylic acid groups (broad SMARTS) is 1. The molecule has 0 bridgehead atoms. The van der Waals surface area contributed by atoms with Crippen LogP contribution in [0.2, 0.25) is 0 Å². The van der Waals surface area contributed by atoms with Gasteiger partial charge in [-0.3, -0.25) is 15.1 Å². The number of nitrogens with zero attached hydrogens (tertiary/aromatic N) is 2. The molecule has 0 spiro atoms. The quantitative estimate of drug-likeness (QED) is 0.720. The highest BCUT2D eigenvalue weighted by atomic mass is 32.2. The van der Waals surface area contributed by atoms with E-state index in [2.05, 4.69) is 29.1 Å². The first-order chi connectivity index (χ1) is 7.59. The smallest absolute Gasteiger partial charge is 0.313 e. The van der Waals surface area contributed by atoms with E-state index >= 15 is 0 Å². The van der Waals surface area contributed by atoms with E-state index in [9.17, 15) is 4.79 Å². The molecule has 5 nitrogen and oxygen atoms in total. The number of thioether (sulfide) groups is 1. The van der Waals surface area contributed by atoms with Crippen LogP contribution in [0.15, 0.2) is 4.99 Å². The van der Waals surface area contributed by atoms with Crippen LogP contribution >= 0.6 is 11.8 Å². The number of aliphatic carboxylic acids is 1.